The molecule has 0 aliphatic rings. The number of carboxylic acid groups (broad SMARTS) is 1. The molecule has 8 nitrogen and oxygen atoms in total. The number of aliphatic carboxylic acids is 1. The molecule has 1 heterocycles. The monoisotopic (exact) mass is 280 g/mol. The lowest BCUT2D eigenvalue weighted by Crippen LogP contribution is -2.48. The van der Waals surface area contributed by atoms with E-state index in [-0.39, 0.29) is 0 Å². The molecule has 20 heavy (non-hydrogen) atoms. The summed E-state index contributed by atoms with van der Waals surface area (Å²) in [6, 6.07) is 3.42. The van der Waals surface area contributed by atoms with Crippen LogP contribution >= 0.6 is 0 Å². The fraction of sp³-hybridized carbons (Fsp3) is 0.333. The van der Waals surface area contributed by atoms with Crippen molar-refractivity contribution < 1.29 is 19.5 Å². The zero-order valence-electron chi connectivity index (χ0n) is 10.7. The largest absolute Gasteiger partial charge is 0.480 e. The summed E-state index contributed by atoms with van der Waals surface area (Å²) in [4.78, 5) is 37.0. The van der Waals surface area contributed by atoms with Crippen molar-refractivity contribution in [2.24, 2.45) is 5.73 Å². The Bertz CT molecular complexity index is 478. The first kappa shape index (κ1) is 15.4. The molecule has 1 aromatic rings. The van der Waals surface area contributed by atoms with Gasteiger partial charge >= 0.3 is 12.0 Å². The van der Waals surface area contributed by atoms with Gasteiger partial charge in [-0.3, -0.25) is 9.78 Å². The molecule has 1 rings (SSSR count). The summed E-state index contributed by atoms with van der Waals surface area (Å²) in [5.41, 5.74) is 5.71. The van der Waals surface area contributed by atoms with Crippen LogP contribution in [-0.4, -0.2) is 40.6 Å². The van der Waals surface area contributed by atoms with Gasteiger partial charge < -0.3 is 21.5 Å². The third kappa shape index (κ3) is 5.80. The predicted octanol–water partition coefficient (Wildman–Crippen LogP) is -0.748. The van der Waals surface area contributed by atoms with Gasteiger partial charge in [0.05, 0.1) is 6.42 Å². The smallest absolute Gasteiger partial charge is 0.326 e. The first-order valence-corrected chi connectivity index (χ1v) is 5.94. The summed E-state index contributed by atoms with van der Waals surface area (Å²) in [7, 11) is 0. The minimum atomic E-state index is -1.33. The van der Waals surface area contributed by atoms with E-state index in [1.165, 1.54) is 0 Å². The maximum Gasteiger partial charge on any atom is 0.326 e. The van der Waals surface area contributed by atoms with Crippen molar-refractivity contribution in [3.63, 3.8) is 0 Å². The Morgan fingerprint density at radius 3 is 2.65 bits per heavy atom. The quantitative estimate of drug-likeness (QED) is 0.521. The van der Waals surface area contributed by atoms with Crippen LogP contribution in [0.5, 0.6) is 0 Å². The van der Waals surface area contributed by atoms with Gasteiger partial charge in [-0.1, -0.05) is 6.07 Å². The number of carbonyl (C=O) groups is 3. The number of nitrogens with zero attached hydrogens (tertiary/aromatic N) is 1. The first-order chi connectivity index (χ1) is 9.49. The summed E-state index contributed by atoms with van der Waals surface area (Å²) in [5.74, 6) is -2.12. The highest BCUT2D eigenvalue weighted by molar-refractivity contribution is 5.87. The normalized spacial score (nSPS) is 11.4. The van der Waals surface area contributed by atoms with Crippen LogP contribution in [0.15, 0.2) is 24.4 Å². The molecule has 0 bridgehead atoms. The number of pyridine rings is 1. The molecule has 0 aromatic carbocycles. The van der Waals surface area contributed by atoms with E-state index >= 15 is 0 Å². The molecule has 3 amide bonds. The van der Waals surface area contributed by atoms with E-state index < -0.39 is 30.4 Å². The number of hydrogen-bond donors (Lipinski definition) is 4. The Morgan fingerprint density at radius 1 is 1.35 bits per heavy atom. The van der Waals surface area contributed by atoms with Crippen LogP contribution in [0.1, 0.15) is 12.1 Å². The number of hydrogen-bond acceptors (Lipinski definition) is 4. The molecule has 1 aromatic heterocycles. The van der Waals surface area contributed by atoms with Crippen LogP contribution in [0.4, 0.5) is 4.79 Å². The van der Waals surface area contributed by atoms with Gasteiger partial charge in [-0.15, -0.1) is 0 Å². The zero-order chi connectivity index (χ0) is 15.0. The summed E-state index contributed by atoms with van der Waals surface area (Å²) in [5, 5.41) is 13.5. The molecule has 108 valence electrons. The fourth-order valence-electron chi connectivity index (χ4n) is 1.46. The number of nitrogens with two attached hydrogens (primary N) is 1. The van der Waals surface area contributed by atoms with Gasteiger partial charge in [0, 0.05) is 24.9 Å². The predicted molar refractivity (Wildman–Crippen MR) is 69.7 cm³/mol. The van der Waals surface area contributed by atoms with Crippen LogP contribution in [0.3, 0.4) is 0 Å². The van der Waals surface area contributed by atoms with E-state index in [1.54, 1.807) is 12.3 Å². The van der Waals surface area contributed by atoms with Crippen LogP contribution in [0, 0.1) is 0 Å². The highest BCUT2D eigenvalue weighted by atomic mass is 16.4. The molecule has 0 aliphatic carbocycles. The molecule has 0 unspecified atom stereocenters. The Kier molecular flexibility index (Phi) is 5.95. The van der Waals surface area contributed by atoms with Crippen molar-refractivity contribution >= 4 is 17.9 Å². The van der Waals surface area contributed by atoms with E-state index in [0.717, 1.165) is 5.69 Å². The maximum atomic E-state index is 11.5. The van der Waals surface area contributed by atoms with Crippen molar-refractivity contribution in [1.29, 1.82) is 0 Å². The number of carboxylic acids is 1. The maximum absolute atomic E-state index is 11.5. The van der Waals surface area contributed by atoms with E-state index in [2.05, 4.69) is 15.6 Å². The topological polar surface area (TPSA) is 134 Å². The summed E-state index contributed by atoms with van der Waals surface area (Å²) >= 11 is 0. The average Bonchev–Trinajstić information content (AvgIpc) is 2.38. The molecule has 0 fully saturated rings. The van der Waals surface area contributed by atoms with E-state index in [4.69, 9.17) is 10.8 Å². The lowest BCUT2D eigenvalue weighted by molar-refractivity contribution is -0.140. The molecule has 8 heteroatoms. The number of aromatic nitrogens is 1. The molecule has 0 spiro atoms. The fourth-order valence-corrected chi connectivity index (χ4v) is 1.46. The molecule has 0 radical (unpaired) electrons. The number of amides is 3. The van der Waals surface area contributed by atoms with Crippen molar-refractivity contribution in [2.45, 2.75) is 18.9 Å². The SMILES string of the molecule is NC(=O)C[C@H](NC(=O)NCCc1ccccn1)C(=O)O. The van der Waals surface area contributed by atoms with Gasteiger partial charge in [0.25, 0.3) is 0 Å². The molecule has 0 saturated heterocycles. The highest BCUT2D eigenvalue weighted by Crippen LogP contribution is 1.94. The van der Waals surface area contributed by atoms with E-state index in [0.29, 0.717) is 13.0 Å². The summed E-state index contributed by atoms with van der Waals surface area (Å²) in [6.07, 6.45) is 1.70. The third-order valence-electron chi connectivity index (χ3n) is 2.40. The average molecular weight is 280 g/mol. The first-order valence-electron chi connectivity index (χ1n) is 5.94. The molecule has 0 saturated carbocycles. The Hall–Kier alpha value is -2.64. The molecule has 0 aliphatic heterocycles. The number of rotatable bonds is 7. The van der Waals surface area contributed by atoms with Gasteiger partial charge in [0.1, 0.15) is 6.04 Å². The van der Waals surface area contributed by atoms with E-state index in [9.17, 15) is 14.4 Å². The third-order valence-corrected chi connectivity index (χ3v) is 2.40. The van der Waals surface area contributed by atoms with Crippen LogP contribution in [0.25, 0.3) is 0 Å². The number of primary amides is 1. The van der Waals surface area contributed by atoms with Gasteiger partial charge in [-0.05, 0) is 12.1 Å². The minimum absolute atomic E-state index is 0.297. The van der Waals surface area contributed by atoms with Gasteiger partial charge in [0.2, 0.25) is 5.91 Å². The number of urea groups is 1. The molecule has 1 atom stereocenters. The second-order valence-electron chi connectivity index (χ2n) is 4.03. The molecular weight excluding hydrogens is 264 g/mol. The van der Waals surface area contributed by atoms with E-state index in [1.807, 2.05) is 12.1 Å². The summed E-state index contributed by atoms with van der Waals surface area (Å²) in [6.45, 7) is 0.297. The van der Waals surface area contributed by atoms with Gasteiger partial charge in [0.15, 0.2) is 0 Å². The number of carbonyl (C=O) groups excluding carboxylic acids is 2. The van der Waals surface area contributed by atoms with Crippen molar-refractivity contribution in [2.75, 3.05) is 6.54 Å². The van der Waals surface area contributed by atoms with Crippen molar-refractivity contribution in [3.8, 4) is 0 Å². The Labute approximate surface area is 115 Å². The zero-order valence-corrected chi connectivity index (χ0v) is 10.7. The van der Waals surface area contributed by atoms with Crippen molar-refractivity contribution in [3.05, 3.63) is 30.1 Å². The van der Waals surface area contributed by atoms with Gasteiger partial charge in [-0.25, -0.2) is 9.59 Å². The number of nitrogens with one attached hydrogen (secondary N) is 2. The standard InChI is InChI=1S/C12H16N4O4/c13-10(17)7-9(11(18)19)16-12(20)15-6-4-8-3-1-2-5-14-8/h1-3,5,9H,4,6-7H2,(H2,13,17)(H,18,19)(H2,15,16,20)/t9-/m0/s1. The molecular formula is C12H16N4O4. The lowest BCUT2D eigenvalue weighted by Gasteiger charge is -2.13. The van der Waals surface area contributed by atoms with Crippen LogP contribution in [-0.2, 0) is 16.0 Å². The van der Waals surface area contributed by atoms with Gasteiger partial charge in [-0.2, -0.15) is 0 Å². The van der Waals surface area contributed by atoms with Crippen LogP contribution in [0.2, 0.25) is 0 Å². The Balaban J connectivity index is 2.35. The molecule has 5 N–H and O–H groups in total. The lowest BCUT2D eigenvalue weighted by atomic mass is 10.2. The second-order valence-corrected chi connectivity index (χ2v) is 4.03. The highest BCUT2D eigenvalue weighted by Gasteiger charge is 2.21. The Morgan fingerprint density at radius 2 is 2.10 bits per heavy atom. The minimum Gasteiger partial charge on any atom is -0.480 e. The van der Waals surface area contributed by atoms with Crippen LogP contribution < -0.4 is 16.4 Å². The summed E-state index contributed by atoms with van der Waals surface area (Å²) < 4.78 is 0. The van der Waals surface area contributed by atoms with Crippen molar-refractivity contribution in [1.82, 2.24) is 15.6 Å². The second kappa shape index (κ2) is 7.72.